The Labute approximate surface area is 102 Å². The second-order valence-corrected chi connectivity index (χ2v) is 5.02. The van der Waals surface area contributed by atoms with Gasteiger partial charge in [-0.1, -0.05) is 6.92 Å². The van der Waals surface area contributed by atoms with E-state index < -0.39 is 0 Å². The number of aromatic nitrogens is 3. The fourth-order valence-electron chi connectivity index (χ4n) is 2.92. The summed E-state index contributed by atoms with van der Waals surface area (Å²) in [6.07, 6.45) is 2.98. The summed E-state index contributed by atoms with van der Waals surface area (Å²) in [5.41, 5.74) is -0.119. The molecule has 0 aromatic carbocycles. The van der Waals surface area contributed by atoms with Gasteiger partial charge < -0.3 is 10.4 Å². The van der Waals surface area contributed by atoms with E-state index in [1.807, 2.05) is 18.5 Å². The Morgan fingerprint density at radius 3 is 2.82 bits per heavy atom. The highest BCUT2D eigenvalue weighted by atomic mass is 16.3. The maximum Gasteiger partial charge on any atom is 0.147 e. The number of aliphatic hydroxyl groups is 1. The number of hydrogen-bond donors (Lipinski definition) is 2. The third kappa shape index (κ3) is 2.35. The zero-order valence-electron chi connectivity index (χ0n) is 10.9. The first-order chi connectivity index (χ1) is 8.10. The SMILES string of the molecule is CCNC1(CO)CCC(n2nc(C)nc2C)C1. The predicted octanol–water partition coefficient (Wildman–Crippen LogP) is 0.961. The van der Waals surface area contributed by atoms with Gasteiger partial charge in [0.1, 0.15) is 11.6 Å². The molecule has 1 heterocycles. The quantitative estimate of drug-likeness (QED) is 0.820. The molecule has 1 fully saturated rings. The van der Waals surface area contributed by atoms with Crippen molar-refractivity contribution >= 4 is 0 Å². The molecular formula is C12H22N4O. The molecule has 5 nitrogen and oxygen atoms in total. The number of nitrogens with one attached hydrogen (secondary N) is 1. The number of rotatable bonds is 4. The van der Waals surface area contributed by atoms with Gasteiger partial charge in [0.25, 0.3) is 0 Å². The van der Waals surface area contributed by atoms with E-state index >= 15 is 0 Å². The van der Waals surface area contributed by atoms with Crippen molar-refractivity contribution in [2.24, 2.45) is 0 Å². The molecule has 0 bridgehead atoms. The van der Waals surface area contributed by atoms with E-state index in [4.69, 9.17) is 0 Å². The van der Waals surface area contributed by atoms with Gasteiger partial charge in [-0.15, -0.1) is 0 Å². The van der Waals surface area contributed by atoms with Crippen LogP contribution >= 0.6 is 0 Å². The highest BCUT2D eigenvalue weighted by molar-refractivity contribution is 5.00. The minimum atomic E-state index is -0.119. The summed E-state index contributed by atoms with van der Waals surface area (Å²) < 4.78 is 2.02. The first-order valence-electron chi connectivity index (χ1n) is 6.36. The summed E-state index contributed by atoms with van der Waals surface area (Å²) in [5.74, 6) is 1.80. The molecule has 2 rings (SSSR count). The minimum absolute atomic E-state index is 0.119. The van der Waals surface area contributed by atoms with Gasteiger partial charge in [0.05, 0.1) is 12.6 Å². The first kappa shape index (κ1) is 12.5. The molecule has 0 amide bonds. The summed E-state index contributed by atoms with van der Waals surface area (Å²) >= 11 is 0. The molecular weight excluding hydrogens is 216 g/mol. The van der Waals surface area contributed by atoms with Crippen LogP contribution in [0.15, 0.2) is 0 Å². The number of likely N-dealkylation sites (N-methyl/N-ethyl adjacent to an activating group) is 1. The molecule has 0 radical (unpaired) electrons. The van der Waals surface area contributed by atoms with Crippen LogP contribution in [0.1, 0.15) is 43.9 Å². The van der Waals surface area contributed by atoms with Gasteiger partial charge >= 0.3 is 0 Å². The number of aryl methyl sites for hydroxylation is 2. The van der Waals surface area contributed by atoms with Crippen molar-refractivity contribution in [1.82, 2.24) is 20.1 Å². The lowest BCUT2D eigenvalue weighted by molar-refractivity contribution is 0.162. The molecule has 1 aromatic heterocycles. The highest BCUT2D eigenvalue weighted by Crippen LogP contribution is 2.37. The Kier molecular flexibility index (Phi) is 3.49. The van der Waals surface area contributed by atoms with Crippen molar-refractivity contribution in [3.8, 4) is 0 Å². The van der Waals surface area contributed by atoms with Crippen LogP contribution in [-0.2, 0) is 0 Å². The van der Waals surface area contributed by atoms with Gasteiger partial charge in [0.2, 0.25) is 0 Å². The molecule has 2 unspecified atom stereocenters. The van der Waals surface area contributed by atoms with Gasteiger partial charge in [-0.3, -0.25) is 0 Å². The zero-order chi connectivity index (χ0) is 12.5. The Balaban J connectivity index is 2.14. The van der Waals surface area contributed by atoms with E-state index in [-0.39, 0.29) is 12.1 Å². The third-order valence-electron chi connectivity index (χ3n) is 3.69. The Morgan fingerprint density at radius 2 is 2.29 bits per heavy atom. The average Bonchev–Trinajstić information content (AvgIpc) is 2.84. The lowest BCUT2D eigenvalue weighted by atomic mass is 9.98. The molecule has 17 heavy (non-hydrogen) atoms. The summed E-state index contributed by atoms with van der Waals surface area (Å²) in [5, 5.41) is 17.4. The van der Waals surface area contributed by atoms with Gasteiger partial charge in [-0.05, 0) is 39.7 Å². The molecule has 1 aliphatic rings. The molecule has 2 atom stereocenters. The van der Waals surface area contributed by atoms with Crippen LogP contribution in [-0.4, -0.2) is 38.6 Å². The number of aliphatic hydroxyl groups excluding tert-OH is 1. The molecule has 96 valence electrons. The summed E-state index contributed by atoms with van der Waals surface area (Å²) in [7, 11) is 0. The lowest BCUT2D eigenvalue weighted by Gasteiger charge is -2.28. The van der Waals surface area contributed by atoms with Gasteiger partial charge in [-0.2, -0.15) is 5.10 Å². The molecule has 1 saturated carbocycles. The monoisotopic (exact) mass is 238 g/mol. The Hall–Kier alpha value is -0.940. The molecule has 2 N–H and O–H groups in total. The standard InChI is InChI=1S/C12H22N4O/c1-4-13-12(8-17)6-5-11(7-12)16-10(3)14-9(2)15-16/h11,13,17H,4-8H2,1-3H3. The normalized spacial score (nSPS) is 28.8. The maximum absolute atomic E-state index is 9.58. The van der Waals surface area contributed by atoms with Crippen LogP contribution in [0.25, 0.3) is 0 Å². The summed E-state index contributed by atoms with van der Waals surface area (Å²) in [4.78, 5) is 4.34. The van der Waals surface area contributed by atoms with Crippen molar-refractivity contribution in [2.75, 3.05) is 13.2 Å². The Bertz CT molecular complexity index is 390. The van der Waals surface area contributed by atoms with E-state index in [1.54, 1.807) is 0 Å². The van der Waals surface area contributed by atoms with Crippen molar-refractivity contribution in [1.29, 1.82) is 0 Å². The van der Waals surface area contributed by atoms with E-state index in [9.17, 15) is 5.11 Å². The molecule has 0 aliphatic heterocycles. The van der Waals surface area contributed by atoms with E-state index in [0.717, 1.165) is 37.5 Å². The molecule has 0 spiro atoms. The van der Waals surface area contributed by atoms with Crippen LogP contribution < -0.4 is 5.32 Å². The first-order valence-corrected chi connectivity index (χ1v) is 6.36. The van der Waals surface area contributed by atoms with Gasteiger partial charge in [-0.25, -0.2) is 9.67 Å². The molecule has 0 saturated heterocycles. The van der Waals surface area contributed by atoms with Crippen molar-refractivity contribution in [3.63, 3.8) is 0 Å². The predicted molar refractivity (Wildman–Crippen MR) is 65.9 cm³/mol. The second-order valence-electron chi connectivity index (χ2n) is 5.02. The third-order valence-corrected chi connectivity index (χ3v) is 3.69. The molecule has 1 aromatic rings. The van der Waals surface area contributed by atoms with Crippen LogP contribution in [0, 0.1) is 13.8 Å². The van der Waals surface area contributed by atoms with Gasteiger partial charge in [0.15, 0.2) is 0 Å². The minimum Gasteiger partial charge on any atom is -0.394 e. The molecule has 1 aliphatic carbocycles. The van der Waals surface area contributed by atoms with E-state index in [0.29, 0.717) is 6.04 Å². The van der Waals surface area contributed by atoms with Crippen molar-refractivity contribution in [2.45, 2.75) is 51.6 Å². The summed E-state index contributed by atoms with van der Waals surface area (Å²) in [6, 6.07) is 0.363. The van der Waals surface area contributed by atoms with Crippen molar-refractivity contribution in [3.05, 3.63) is 11.6 Å². The van der Waals surface area contributed by atoms with E-state index in [2.05, 4.69) is 22.3 Å². The zero-order valence-corrected chi connectivity index (χ0v) is 10.9. The van der Waals surface area contributed by atoms with Crippen molar-refractivity contribution < 1.29 is 5.11 Å². The van der Waals surface area contributed by atoms with Crippen LogP contribution in [0.4, 0.5) is 0 Å². The van der Waals surface area contributed by atoms with Crippen LogP contribution in [0.5, 0.6) is 0 Å². The fraction of sp³-hybridized carbons (Fsp3) is 0.833. The van der Waals surface area contributed by atoms with Crippen LogP contribution in [0.3, 0.4) is 0 Å². The lowest BCUT2D eigenvalue weighted by Crippen LogP contribution is -2.46. The van der Waals surface area contributed by atoms with Gasteiger partial charge in [0, 0.05) is 5.54 Å². The number of hydrogen-bond acceptors (Lipinski definition) is 4. The smallest absolute Gasteiger partial charge is 0.147 e. The van der Waals surface area contributed by atoms with Crippen LogP contribution in [0.2, 0.25) is 0 Å². The average molecular weight is 238 g/mol. The molecule has 5 heteroatoms. The second kappa shape index (κ2) is 4.74. The highest BCUT2D eigenvalue weighted by Gasteiger charge is 2.39. The fourth-order valence-corrected chi connectivity index (χ4v) is 2.92. The topological polar surface area (TPSA) is 63.0 Å². The maximum atomic E-state index is 9.58. The van der Waals surface area contributed by atoms with E-state index in [1.165, 1.54) is 0 Å². The summed E-state index contributed by atoms with van der Waals surface area (Å²) in [6.45, 7) is 7.08. The Morgan fingerprint density at radius 1 is 1.53 bits per heavy atom. The number of nitrogens with zero attached hydrogens (tertiary/aromatic N) is 3. The largest absolute Gasteiger partial charge is 0.394 e.